The zero-order chi connectivity index (χ0) is 18.1. The zero-order valence-electron chi connectivity index (χ0n) is 14.2. The number of benzene rings is 1. The molecule has 0 unspecified atom stereocenters. The smallest absolute Gasteiger partial charge is 0.243 e. The van der Waals surface area contributed by atoms with E-state index in [0.29, 0.717) is 30.1 Å². The Balaban J connectivity index is 0.00000338. The van der Waals surface area contributed by atoms with Gasteiger partial charge in [-0.1, -0.05) is 25.0 Å². The SMILES string of the molecule is Cl.Nc1cccc(-c2csc(NC(=O)CCCCCCC(=O)NO)n2)c1. The summed E-state index contributed by atoms with van der Waals surface area (Å²) < 4.78 is 0. The largest absolute Gasteiger partial charge is 0.399 e. The molecule has 1 heterocycles. The van der Waals surface area contributed by atoms with Crippen LogP contribution in [0, 0.1) is 0 Å². The second-order valence-corrected chi connectivity index (χ2v) is 6.52. The maximum atomic E-state index is 11.9. The Morgan fingerprint density at radius 3 is 2.46 bits per heavy atom. The minimum atomic E-state index is -0.377. The first-order valence-corrected chi connectivity index (χ1v) is 9.00. The number of nitrogens with one attached hydrogen (secondary N) is 2. The number of nitrogen functional groups attached to an aromatic ring is 1. The predicted octanol–water partition coefficient (Wildman–Crippen LogP) is 3.60. The molecule has 0 aliphatic heterocycles. The number of halogens is 1. The molecule has 2 amide bonds. The molecule has 7 nitrogen and oxygen atoms in total. The highest BCUT2D eigenvalue weighted by Crippen LogP contribution is 2.26. The quantitative estimate of drug-likeness (QED) is 0.223. The Morgan fingerprint density at radius 2 is 1.81 bits per heavy atom. The minimum Gasteiger partial charge on any atom is -0.399 e. The lowest BCUT2D eigenvalue weighted by Gasteiger charge is -2.02. The molecule has 0 saturated heterocycles. The third-order valence-electron chi connectivity index (χ3n) is 3.62. The summed E-state index contributed by atoms with van der Waals surface area (Å²) in [5.41, 5.74) is 9.75. The van der Waals surface area contributed by atoms with Crippen LogP contribution in [0.2, 0.25) is 0 Å². The molecule has 26 heavy (non-hydrogen) atoms. The molecule has 0 spiro atoms. The van der Waals surface area contributed by atoms with Crippen LogP contribution in [-0.2, 0) is 9.59 Å². The molecule has 9 heteroatoms. The summed E-state index contributed by atoms with van der Waals surface area (Å²) in [5.74, 6) is -0.445. The number of carbonyl (C=O) groups excluding carboxylic acids is 2. The van der Waals surface area contributed by atoms with Crippen molar-refractivity contribution in [2.24, 2.45) is 0 Å². The van der Waals surface area contributed by atoms with E-state index < -0.39 is 0 Å². The molecule has 2 aromatic rings. The lowest BCUT2D eigenvalue weighted by atomic mass is 10.1. The van der Waals surface area contributed by atoms with Gasteiger partial charge in [0.25, 0.3) is 0 Å². The van der Waals surface area contributed by atoms with E-state index in [1.54, 1.807) is 5.48 Å². The van der Waals surface area contributed by atoms with Gasteiger partial charge in [0.05, 0.1) is 5.69 Å². The number of rotatable bonds is 9. The van der Waals surface area contributed by atoms with Gasteiger partial charge in [-0.2, -0.15) is 0 Å². The van der Waals surface area contributed by atoms with Gasteiger partial charge in [-0.05, 0) is 25.0 Å². The van der Waals surface area contributed by atoms with Crippen molar-refractivity contribution in [2.75, 3.05) is 11.1 Å². The van der Waals surface area contributed by atoms with Gasteiger partial charge in [-0.15, -0.1) is 23.7 Å². The van der Waals surface area contributed by atoms with Crippen LogP contribution in [0.4, 0.5) is 10.8 Å². The zero-order valence-corrected chi connectivity index (χ0v) is 15.9. The molecule has 0 radical (unpaired) electrons. The number of nitrogens with two attached hydrogens (primary N) is 1. The van der Waals surface area contributed by atoms with Crippen molar-refractivity contribution in [1.29, 1.82) is 0 Å². The van der Waals surface area contributed by atoms with Gasteiger partial charge in [0.2, 0.25) is 11.8 Å². The Morgan fingerprint density at radius 1 is 1.12 bits per heavy atom. The minimum absolute atomic E-state index is 0. The molecule has 1 aromatic carbocycles. The number of carbonyl (C=O) groups is 2. The Labute approximate surface area is 162 Å². The predicted molar refractivity (Wildman–Crippen MR) is 105 cm³/mol. The second-order valence-electron chi connectivity index (χ2n) is 5.66. The summed E-state index contributed by atoms with van der Waals surface area (Å²) in [5, 5.41) is 13.6. The van der Waals surface area contributed by atoms with E-state index in [9.17, 15) is 9.59 Å². The Hall–Kier alpha value is -2.16. The monoisotopic (exact) mass is 398 g/mol. The molecule has 0 bridgehead atoms. The van der Waals surface area contributed by atoms with Gasteiger partial charge >= 0.3 is 0 Å². The molecule has 5 N–H and O–H groups in total. The average molecular weight is 399 g/mol. The summed E-state index contributed by atoms with van der Waals surface area (Å²) in [6, 6.07) is 7.45. The third-order valence-corrected chi connectivity index (χ3v) is 4.37. The fraction of sp³-hybridized carbons (Fsp3) is 0.353. The fourth-order valence-corrected chi connectivity index (χ4v) is 3.06. The first-order valence-electron chi connectivity index (χ1n) is 8.12. The molecular formula is C17H23ClN4O3S. The number of thiazole rings is 1. The van der Waals surface area contributed by atoms with Crippen molar-refractivity contribution in [1.82, 2.24) is 10.5 Å². The molecule has 0 aliphatic carbocycles. The third kappa shape index (κ3) is 7.38. The van der Waals surface area contributed by atoms with E-state index in [4.69, 9.17) is 10.9 Å². The van der Waals surface area contributed by atoms with E-state index in [0.717, 1.165) is 30.5 Å². The Bertz CT molecular complexity index is 724. The van der Waals surface area contributed by atoms with E-state index in [1.165, 1.54) is 11.3 Å². The van der Waals surface area contributed by atoms with Gasteiger partial charge in [0.1, 0.15) is 0 Å². The summed E-state index contributed by atoms with van der Waals surface area (Å²) in [4.78, 5) is 27.2. The number of nitrogens with zero attached hydrogens (tertiary/aromatic N) is 1. The van der Waals surface area contributed by atoms with Gasteiger partial charge < -0.3 is 11.1 Å². The topological polar surface area (TPSA) is 117 Å². The van der Waals surface area contributed by atoms with E-state index in [2.05, 4.69) is 10.3 Å². The maximum Gasteiger partial charge on any atom is 0.243 e. The standard InChI is InChI=1S/C17H22N4O3S.ClH/c18-13-7-5-6-12(10-13)14-11-25-17(19-14)20-15(22)8-3-1-2-4-9-16(23)21-24;/h5-7,10-11,24H,1-4,8-9,18H2,(H,21,23)(H,19,20,22);1H. The number of amides is 2. The van der Waals surface area contributed by atoms with E-state index in [-0.39, 0.29) is 24.2 Å². The summed E-state index contributed by atoms with van der Waals surface area (Å²) in [7, 11) is 0. The number of hydrogen-bond acceptors (Lipinski definition) is 6. The van der Waals surface area contributed by atoms with Crippen LogP contribution in [0.15, 0.2) is 29.6 Å². The van der Waals surface area contributed by atoms with Gasteiger partial charge in [-0.3, -0.25) is 14.8 Å². The molecule has 0 saturated carbocycles. The van der Waals surface area contributed by atoms with Crippen molar-refractivity contribution >= 4 is 46.4 Å². The molecule has 2 rings (SSSR count). The highest BCUT2D eigenvalue weighted by molar-refractivity contribution is 7.14. The average Bonchev–Trinajstić information content (AvgIpc) is 3.06. The number of aromatic nitrogens is 1. The lowest BCUT2D eigenvalue weighted by molar-refractivity contribution is -0.129. The van der Waals surface area contributed by atoms with Crippen molar-refractivity contribution < 1.29 is 14.8 Å². The highest BCUT2D eigenvalue weighted by atomic mass is 35.5. The lowest BCUT2D eigenvalue weighted by Crippen LogP contribution is -2.17. The maximum absolute atomic E-state index is 11.9. The van der Waals surface area contributed by atoms with E-state index in [1.807, 2.05) is 29.6 Å². The van der Waals surface area contributed by atoms with Crippen LogP contribution in [0.25, 0.3) is 11.3 Å². The molecular weight excluding hydrogens is 376 g/mol. The van der Waals surface area contributed by atoms with Crippen molar-refractivity contribution in [2.45, 2.75) is 38.5 Å². The van der Waals surface area contributed by atoms with Crippen molar-refractivity contribution in [3.63, 3.8) is 0 Å². The van der Waals surface area contributed by atoms with Crippen LogP contribution in [0.1, 0.15) is 38.5 Å². The number of hydrogen-bond donors (Lipinski definition) is 4. The summed E-state index contributed by atoms with van der Waals surface area (Å²) in [6.45, 7) is 0. The van der Waals surface area contributed by atoms with Crippen LogP contribution in [0.3, 0.4) is 0 Å². The number of unbranched alkanes of at least 4 members (excludes halogenated alkanes) is 3. The molecule has 142 valence electrons. The Kier molecular flexibility index (Phi) is 9.64. The van der Waals surface area contributed by atoms with Crippen LogP contribution >= 0.6 is 23.7 Å². The first-order chi connectivity index (χ1) is 12.1. The number of anilines is 2. The van der Waals surface area contributed by atoms with Gasteiger partial charge in [-0.25, -0.2) is 10.5 Å². The molecule has 0 fully saturated rings. The highest BCUT2D eigenvalue weighted by Gasteiger charge is 2.08. The van der Waals surface area contributed by atoms with Crippen LogP contribution < -0.4 is 16.5 Å². The van der Waals surface area contributed by atoms with E-state index >= 15 is 0 Å². The van der Waals surface area contributed by atoms with Crippen molar-refractivity contribution in [3.8, 4) is 11.3 Å². The molecule has 1 aromatic heterocycles. The first kappa shape index (κ1) is 21.9. The van der Waals surface area contributed by atoms with Crippen LogP contribution in [-0.4, -0.2) is 22.0 Å². The van der Waals surface area contributed by atoms with Gasteiger partial charge in [0, 0.05) is 29.5 Å². The summed E-state index contributed by atoms with van der Waals surface area (Å²) in [6.07, 6.45) is 3.87. The second kappa shape index (κ2) is 11.5. The summed E-state index contributed by atoms with van der Waals surface area (Å²) >= 11 is 1.38. The van der Waals surface area contributed by atoms with Gasteiger partial charge in [0.15, 0.2) is 5.13 Å². The van der Waals surface area contributed by atoms with Crippen molar-refractivity contribution in [3.05, 3.63) is 29.6 Å². The fourth-order valence-electron chi connectivity index (χ4n) is 2.32. The normalized spacial score (nSPS) is 10.0. The number of hydroxylamine groups is 1. The van der Waals surface area contributed by atoms with Crippen LogP contribution in [0.5, 0.6) is 0 Å². The molecule has 0 atom stereocenters. The molecule has 0 aliphatic rings.